The van der Waals surface area contributed by atoms with Gasteiger partial charge in [0.05, 0.1) is 0 Å². The molecule has 176 valence electrons. The van der Waals surface area contributed by atoms with E-state index in [-0.39, 0.29) is 11.2 Å². The molecule has 4 heterocycles. The minimum Gasteiger partial charge on any atom is -0.342 e. The standard InChI is InChI=1S/C25H34N6O2/c1-19-17-29(14-11-20-9-5-3-6-10-20)24-26-22-21(31(24)18-19)23(32)30(25(33)27(22)2)16-15-28-12-7-4-8-13-28/h3,5-6,9-10,19H,4,7-8,11-18H2,1-2H3/t19-/m0/s1. The number of imidazole rings is 1. The largest absolute Gasteiger partial charge is 0.342 e. The minimum absolute atomic E-state index is 0.207. The number of rotatable bonds is 6. The Kier molecular flexibility index (Phi) is 6.10. The van der Waals surface area contributed by atoms with Crippen LogP contribution in [0.15, 0.2) is 39.9 Å². The minimum atomic E-state index is -0.274. The van der Waals surface area contributed by atoms with Crippen molar-refractivity contribution in [1.82, 2.24) is 23.6 Å². The lowest BCUT2D eigenvalue weighted by Crippen LogP contribution is -2.43. The van der Waals surface area contributed by atoms with E-state index in [9.17, 15) is 9.59 Å². The number of aryl methyl sites for hydroxylation is 1. The Morgan fingerprint density at radius 1 is 0.970 bits per heavy atom. The molecular formula is C25H34N6O2. The van der Waals surface area contributed by atoms with Gasteiger partial charge in [0.15, 0.2) is 11.2 Å². The van der Waals surface area contributed by atoms with Gasteiger partial charge >= 0.3 is 5.69 Å². The van der Waals surface area contributed by atoms with Crippen LogP contribution in [0.2, 0.25) is 0 Å². The average Bonchev–Trinajstić information content (AvgIpc) is 3.22. The molecule has 1 fully saturated rings. The first-order valence-electron chi connectivity index (χ1n) is 12.2. The van der Waals surface area contributed by atoms with Gasteiger partial charge in [-0.3, -0.25) is 13.9 Å². The molecule has 5 rings (SSSR count). The number of piperidine rings is 1. The summed E-state index contributed by atoms with van der Waals surface area (Å²) in [6.07, 6.45) is 4.57. The molecule has 0 radical (unpaired) electrons. The number of benzene rings is 1. The predicted octanol–water partition coefficient (Wildman–Crippen LogP) is 2.08. The first-order chi connectivity index (χ1) is 16.0. The lowest BCUT2D eigenvalue weighted by molar-refractivity contribution is 0.218. The third kappa shape index (κ3) is 4.24. The smallest absolute Gasteiger partial charge is 0.332 e. The Morgan fingerprint density at radius 3 is 2.48 bits per heavy atom. The Bertz CT molecular complexity index is 1240. The molecule has 2 aliphatic heterocycles. The van der Waals surface area contributed by atoms with E-state index in [4.69, 9.17) is 4.98 Å². The van der Waals surface area contributed by atoms with E-state index in [0.29, 0.717) is 23.6 Å². The van der Waals surface area contributed by atoms with Gasteiger partial charge in [-0.15, -0.1) is 0 Å². The van der Waals surface area contributed by atoms with Crippen LogP contribution in [0.5, 0.6) is 0 Å². The summed E-state index contributed by atoms with van der Waals surface area (Å²) in [6, 6.07) is 10.4. The van der Waals surface area contributed by atoms with Crippen LogP contribution in [0.3, 0.4) is 0 Å². The maximum atomic E-state index is 13.6. The van der Waals surface area contributed by atoms with E-state index >= 15 is 0 Å². The van der Waals surface area contributed by atoms with E-state index in [2.05, 4.69) is 41.0 Å². The molecule has 8 heteroatoms. The molecule has 0 N–H and O–H groups in total. The van der Waals surface area contributed by atoms with Gasteiger partial charge in [0, 0.05) is 39.8 Å². The van der Waals surface area contributed by atoms with E-state index < -0.39 is 0 Å². The van der Waals surface area contributed by atoms with Crippen LogP contribution in [0.1, 0.15) is 31.7 Å². The van der Waals surface area contributed by atoms with Crippen molar-refractivity contribution in [1.29, 1.82) is 0 Å². The average molecular weight is 451 g/mol. The Labute approximate surface area is 194 Å². The number of fused-ring (bicyclic) bond motifs is 3. The number of likely N-dealkylation sites (tertiary alicyclic amines) is 1. The zero-order valence-corrected chi connectivity index (χ0v) is 19.7. The molecule has 0 unspecified atom stereocenters. The molecule has 1 saturated heterocycles. The summed E-state index contributed by atoms with van der Waals surface area (Å²) in [5.41, 5.74) is 1.85. The van der Waals surface area contributed by atoms with E-state index in [1.54, 1.807) is 11.6 Å². The highest BCUT2D eigenvalue weighted by molar-refractivity contribution is 5.75. The first kappa shape index (κ1) is 21.9. The number of hydrogen-bond acceptors (Lipinski definition) is 5. The number of anilines is 1. The molecule has 33 heavy (non-hydrogen) atoms. The maximum absolute atomic E-state index is 13.6. The topological polar surface area (TPSA) is 68.3 Å². The molecule has 0 aliphatic carbocycles. The van der Waals surface area contributed by atoms with Crippen LogP contribution < -0.4 is 16.1 Å². The summed E-state index contributed by atoms with van der Waals surface area (Å²) >= 11 is 0. The molecule has 8 nitrogen and oxygen atoms in total. The highest BCUT2D eigenvalue weighted by Crippen LogP contribution is 2.27. The third-order valence-electron chi connectivity index (χ3n) is 7.12. The second-order valence-electron chi connectivity index (χ2n) is 9.68. The van der Waals surface area contributed by atoms with Crippen LogP contribution in [-0.2, 0) is 26.6 Å². The summed E-state index contributed by atoms with van der Waals surface area (Å²) in [7, 11) is 1.73. The van der Waals surface area contributed by atoms with Crippen molar-refractivity contribution in [3.8, 4) is 0 Å². The maximum Gasteiger partial charge on any atom is 0.332 e. The highest BCUT2D eigenvalue weighted by atomic mass is 16.2. The molecule has 1 aromatic carbocycles. The van der Waals surface area contributed by atoms with Crippen LogP contribution >= 0.6 is 0 Å². The Hall–Kier alpha value is -2.87. The molecule has 0 spiro atoms. The molecule has 1 atom stereocenters. The molecule has 2 aliphatic rings. The van der Waals surface area contributed by atoms with E-state index in [0.717, 1.165) is 51.6 Å². The molecule has 3 aromatic rings. The highest BCUT2D eigenvalue weighted by Gasteiger charge is 2.29. The van der Waals surface area contributed by atoms with Crippen LogP contribution in [-0.4, -0.2) is 56.3 Å². The van der Waals surface area contributed by atoms with Gasteiger partial charge < -0.3 is 14.4 Å². The van der Waals surface area contributed by atoms with Gasteiger partial charge in [-0.25, -0.2) is 4.79 Å². The van der Waals surface area contributed by atoms with Gasteiger partial charge in [0.2, 0.25) is 5.95 Å². The normalized spacial score (nSPS) is 19.2. The summed E-state index contributed by atoms with van der Waals surface area (Å²) in [6.45, 7) is 7.94. The first-order valence-corrected chi connectivity index (χ1v) is 12.2. The lowest BCUT2D eigenvalue weighted by Gasteiger charge is -2.33. The van der Waals surface area contributed by atoms with Crippen molar-refractivity contribution in [2.75, 3.05) is 37.6 Å². The fourth-order valence-corrected chi connectivity index (χ4v) is 5.32. The number of nitrogens with zero attached hydrogens (tertiary/aromatic N) is 6. The Morgan fingerprint density at radius 2 is 1.73 bits per heavy atom. The van der Waals surface area contributed by atoms with Crippen molar-refractivity contribution in [2.24, 2.45) is 13.0 Å². The quantitative estimate of drug-likeness (QED) is 0.575. The van der Waals surface area contributed by atoms with E-state index in [1.807, 2.05) is 10.6 Å². The third-order valence-corrected chi connectivity index (χ3v) is 7.12. The van der Waals surface area contributed by atoms with Crippen molar-refractivity contribution >= 4 is 17.1 Å². The van der Waals surface area contributed by atoms with Gasteiger partial charge in [-0.1, -0.05) is 43.7 Å². The van der Waals surface area contributed by atoms with E-state index in [1.165, 1.54) is 29.4 Å². The molecule has 0 saturated carbocycles. The van der Waals surface area contributed by atoms with Crippen LogP contribution in [0, 0.1) is 5.92 Å². The second-order valence-corrected chi connectivity index (χ2v) is 9.68. The fourth-order valence-electron chi connectivity index (χ4n) is 5.32. The monoisotopic (exact) mass is 450 g/mol. The van der Waals surface area contributed by atoms with Crippen molar-refractivity contribution < 1.29 is 0 Å². The number of aromatic nitrogens is 4. The lowest BCUT2D eigenvalue weighted by atomic mass is 10.1. The zero-order valence-electron chi connectivity index (χ0n) is 19.7. The molecular weight excluding hydrogens is 416 g/mol. The summed E-state index contributed by atoms with van der Waals surface area (Å²) < 4.78 is 5.02. The Balaban J connectivity index is 1.49. The number of hydrogen-bond donors (Lipinski definition) is 0. The van der Waals surface area contributed by atoms with Crippen LogP contribution in [0.4, 0.5) is 5.95 Å². The molecule has 0 bridgehead atoms. The molecule has 0 amide bonds. The SMILES string of the molecule is C[C@H]1CN(CCc2ccccc2)c2nc3c(c(=O)n(CCN4CCCCC4)c(=O)n3C)n2C1. The molecule has 2 aromatic heterocycles. The fraction of sp³-hybridized carbons (Fsp3) is 0.560. The van der Waals surface area contributed by atoms with Crippen molar-refractivity contribution in [3.63, 3.8) is 0 Å². The summed E-state index contributed by atoms with van der Waals surface area (Å²) in [5.74, 6) is 1.20. The summed E-state index contributed by atoms with van der Waals surface area (Å²) in [5, 5.41) is 0. The van der Waals surface area contributed by atoms with Gasteiger partial charge in [-0.05, 0) is 43.8 Å². The van der Waals surface area contributed by atoms with Gasteiger partial charge in [0.25, 0.3) is 5.56 Å². The van der Waals surface area contributed by atoms with Gasteiger partial charge in [0.1, 0.15) is 0 Å². The van der Waals surface area contributed by atoms with Crippen molar-refractivity contribution in [2.45, 2.75) is 45.7 Å². The summed E-state index contributed by atoms with van der Waals surface area (Å²) in [4.78, 5) is 36.1. The predicted molar refractivity (Wildman–Crippen MR) is 131 cm³/mol. The van der Waals surface area contributed by atoms with Gasteiger partial charge in [-0.2, -0.15) is 4.98 Å². The zero-order chi connectivity index (χ0) is 22.9. The van der Waals surface area contributed by atoms with Crippen molar-refractivity contribution in [3.05, 3.63) is 56.7 Å². The van der Waals surface area contributed by atoms with Crippen LogP contribution in [0.25, 0.3) is 11.2 Å². The second kappa shape index (κ2) is 9.17.